The van der Waals surface area contributed by atoms with Gasteiger partial charge in [-0.1, -0.05) is 23.7 Å². The first-order valence-electron chi connectivity index (χ1n) is 6.65. The Hall–Kier alpha value is -1.85. The van der Waals surface area contributed by atoms with Crippen LogP contribution in [0.2, 0.25) is 5.02 Å². The van der Waals surface area contributed by atoms with Crippen molar-refractivity contribution in [2.75, 3.05) is 0 Å². The lowest BCUT2D eigenvalue weighted by Crippen LogP contribution is -2.39. The van der Waals surface area contributed by atoms with Gasteiger partial charge in [0.15, 0.2) is 0 Å². The largest absolute Gasteiger partial charge is 0.330 e. The van der Waals surface area contributed by atoms with E-state index in [9.17, 15) is 9.59 Å². The average Bonchev–Trinajstić information content (AvgIpc) is 2.48. The van der Waals surface area contributed by atoms with E-state index in [4.69, 9.17) is 11.6 Å². The fourth-order valence-corrected chi connectivity index (χ4v) is 2.20. The predicted octanol–water partition coefficient (Wildman–Crippen LogP) is 1.59. The Bertz CT molecular complexity index is 747. The molecule has 0 saturated heterocycles. The SMILES string of the molecule is CC(NCc1cc(=O)n(C)c(=O)n1C)c1ccc(Cl)cc1. The number of hydrogen-bond donors (Lipinski definition) is 1. The second-order valence-electron chi connectivity index (χ2n) is 5.03. The van der Waals surface area contributed by atoms with Gasteiger partial charge >= 0.3 is 5.69 Å². The summed E-state index contributed by atoms with van der Waals surface area (Å²) in [5.74, 6) is 0. The van der Waals surface area contributed by atoms with Crippen LogP contribution >= 0.6 is 11.6 Å². The van der Waals surface area contributed by atoms with Gasteiger partial charge in [-0.15, -0.1) is 0 Å². The van der Waals surface area contributed by atoms with Crippen LogP contribution in [0.5, 0.6) is 0 Å². The molecule has 1 unspecified atom stereocenters. The van der Waals surface area contributed by atoms with Gasteiger partial charge in [-0.05, 0) is 24.6 Å². The predicted molar refractivity (Wildman–Crippen MR) is 83.6 cm³/mol. The van der Waals surface area contributed by atoms with E-state index in [1.807, 2.05) is 31.2 Å². The highest BCUT2D eigenvalue weighted by Crippen LogP contribution is 2.16. The molecular weight excluding hydrogens is 290 g/mol. The van der Waals surface area contributed by atoms with E-state index in [2.05, 4.69) is 5.32 Å². The van der Waals surface area contributed by atoms with Crippen molar-refractivity contribution < 1.29 is 0 Å². The highest BCUT2D eigenvalue weighted by molar-refractivity contribution is 6.30. The second-order valence-corrected chi connectivity index (χ2v) is 5.47. The smallest absolute Gasteiger partial charge is 0.305 e. The molecule has 0 aliphatic rings. The number of aromatic nitrogens is 2. The van der Waals surface area contributed by atoms with E-state index >= 15 is 0 Å². The van der Waals surface area contributed by atoms with Gasteiger partial charge in [0.25, 0.3) is 5.56 Å². The quantitative estimate of drug-likeness (QED) is 0.933. The zero-order valence-electron chi connectivity index (χ0n) is 12.3. The number of rotatable bonds is 4. The minimum atomic E-state index is -0.321. The van der Waals surface area contributed by atoms with Crippen molar-refractivity contribution >= 4 is 11.6 Å². The van der Waals surface area contributed by atoms with E-state index in [-0.39, 0.29) is 17.3 Å². The molecule has 0 spiro atoms. The van der Waals surface area contributed by atoms with Gasteiger partial charge in [0.05, 0.1) is 0 Å². The van der Waals surface area contributed by atoms with Gasteiger partial charge in [-0.2, -0.15) is 0 Å². The Kier molecular flexibility index (Phi) is 4.65. The van der Waals surface area contributed by atoms with Crippen molar-refractivity contribution in [1.29, 1.82) is 0 Å². The highest BCUT2D eigenvalue weighted by Gasteiger charge is 2.09. The number of benzene rings is 1. The van der Waals surface area contributed by atoms with Crippen LogP contribution in [0.1, 0.15) is 24.2 Å². The molecule has 5 nitrogen and oxygen atoms in total. The summed E-state index contributed by atoms with van der Waals surface area (Å²) in [6.07, 6.45) is 0. The van der Waals surface area contributed by atoms with Crippen LogP contribution in [0, 0.1) is 0 Å². The molecule has 0 radical (unpaired) electrons. The minimum Gasteiger partial charge on any atom is -0.305 e. The zero-order valence-corrected chi connectivity index (χ0v) is 13.0. The molecule has 2 rings (SSSR count). The third-order valence-electron chi connectivity index (χ3n) is 3.58. The van der Waals surface area contributed by atoms with Gasteiger partial charge in [0, 0.05) is 43.5 Å². The monoisotopic (exact) mass is 307 g/mol. The molecule has 1 heterocycles. The van der Waals surface area contributed by atoms with Gasteiger partial charge in [0.2, 0.25) is 0 Å². The van der Waals surface area contributed by atoms with Crippen LogP contribution in [-0.2, 0) is 20.6 Å². The third kappa shape index (κ3) is 3.43. The van der Waals surface area contributed by atoms with E-state index in [1.165, 1.54) is 17.7 Å². The first-order valence-corrected chi connectivity index (χ1v) is 7.02. The van der Waals surface area contributed by atoms with Crippen LogP contribution in [0.4, 0.5) is 0 Å². The van der Waals surface area contributed by atoms with Gasteiger partial charge < -0.3 is 5.32 Å². The summed E-state index contributed by atoms with van der Waals surface area (Å²) < 4.78 is 2.56. The van der Waals surface area contributed by atoms with E-state index in [0.29, 0.717) is 17.3 Å². The minimum absolute atomic E-state index is 0.0847. The second kappa shape index (κ2) is 6.28. The summed E-state index contributed by atoms with van der Waals surface area (Å²) in [6, 6.07) is 9.13. The summed E-state index contributed by atoms with van der Waals surface area (Å²) in [6.45, 7) is 2.45. The molecular formula is C15H18ClN3O2. The lowest BCUT2D eigenvalue weighted by Gasteiger charge is -2.16. The topological polar surface area (TPSA) is 56.0 Å². The number of halogens is 1. The van der Waals surface area contributed by atoms with Crippen molar-refractivity contribution in [3.05, 3.63) is 67.4 Å². The fourth-order valence-electron chi connectivity index (χ4n) is 2.07. The third-order valence-corrected chi connectivity index (χ3v) is 3.84. The summed E-state index contributed by atoms with van der Waals surface area (Å²) >= 11 is 5.86. The summed E-state index contributed by atoms with van der Waals surface area (Å²) in [4.78, 5) is 23.5. The van der Waals surface area contributed by atoms with Gasteiger partial charge in [-0.3, -0.25) is 13.9 Å². The first kappa shape index (κ1) is 15.5. The highest BCUT2D eigenvalue weighted by atomic mass is 35.5. The molecule has 1 atom stereocenters. The van der Waals surface area contributed by atoms with E-state index < -0.39 is 0 Å². The zero-order chi connectivity index (χ0) is 15.6. The Morgan fingerprint density at radius 3 is 2.38 bits per heavy atom. The van der Waals surface area contributed by atoms with E-state index in [0.717, 1.165) is 10.1 Å². The Morgan fingerprint density at radius 1 is 1.14 bits per heavy atom. The normalized spacial score (nSPS) is 12.4. The molecule has 0 bridgehead atoms. The van der Waals surface area contributed by atoms with Crippen molar-refractivity contribution in [2.24, 2.45) is 14.1 Å². The van der Waals surface area contributed by atoms with Gasteiger partial charge in [0.1, 0.15) is 0 Å². The number of hydrogen-bond acceptors (Lipinski definition) is 3. The Labute approximate surface area is 127 Å². The first-order chi connectivity index (χ1) is 9.90. The van der Waals surface area contributed by atoms with Crippen molar-refractivity contribution in [1.82, 2.24) is 14.5 Å². The summed E-state index contributed by atoms with van der Waals surface area (Å²) in [5.41, 5.74) is 1.13. The Morgan fingerprint density at radius 2 is 1.76 bits per heavy atom. The molecule has 0 saturated carbocycles. The molecule has 0 aliphatic carbocycles. The van der Waals surface area contributed by atoms with Crippen molar-refractivity contribution in [2.45, 2.75) is 19.5 Å². The number of nitrogens with zero attached hydrogens (tertiary/aromatic N) is 2. The van der Waals surface area contributed by atoms with Crippen LogP contribution in [0.3, 0.4) is 0 Å². The maximum absolute atomic E-state index is 11.8. The van der Waals surface area contributed by atoms with Crippen LogP contribution in [-0.4, -0.2) is 9.13 Å². The molecule has 6 heteroatoms. The number of nitrogens with one attached hydrogen (secondary N) is 1. The molecule has 1 aromatic heterocycles. The molecule has 112 valence electrons. The Balaban J connectivity index is 2.15. The average molecular weight is 308 g/mol. The van der Waals surface area contributed by atoms with Crippen molar-refractivity contribution in [3.63, 3.8) is 0 Å². The molecule has 21 heavy (non-hydrogen) atoms. The lowest BCUT2D eigenvalue weighted by atomic mass is 10.1. The van der Waals surface area contributed by atoms with Crippen molar-refractivity contribution in [3.8, 4) is 0 Å². The lowest BCUT2D eigenvalue weighted by molar-refractivity contribution is 0.540. The van der Waals surface area contributed by atoms with Crippen LogP contribution in [0.25, 0.3) is 0 Å². The molecule has 1 aromatic carbocycles. The molecule has 1 N–H and O–H groups in total. The molecule has 0 aliphatic heterocycles. The maximum Gasteiger partial charge on any atom is 0.330 e. The fraction of sp³-hybridized carbons (Fsp3) is 0.333. The molecule has 0 fully saturated rings. The summed E-state index contributed by atoms with van der Waals surface area (Å²) in [7, 11) is 3.13. The molecule has 2 aromatic rings. The van der Waals surface area contributed by atoms with Crippen LogP contribution in [0.15, 0.2) is 39.9 Å². The maximum atomic E-state index is 11.8. The molecule has 0 amide bonds. The summed E-state index contributed by atoms with van der Waals surface area (Å²) in [5, 5.41) is 3.99. The van der Waals surface area contributed by atoms with Crippen LogP contribution < -0.4 is 16.6 Å². The van der Waals surface area contributed by atoms with E-state index in [1.54, 1.807) is 7.05 Å². The standard InChI is InChI=1S/C15H18ClN3O2/c1-10(11-4-6-12(16)7-5-11)17-9-13-8-14(20)19(3)15(21)18(13)2/h4-8,10,17H,9H2,1-3H3. The van der Waals surface area contributed by atoms with Gasteiger partial charge in [-0.25, -0.2) is 4.79 Å².